The lowest BCUT2D eigenvalue weighted by Crippen LogP contribution is -2.02. The summed E-state index contributed by atoms with van der Waals surface area (Å²) in [6.07, 6.45) is 0. The summed E-state index contributed by atoms with van der Waals surface area (Å²) in [6.45, 7) is 5.43. The van der Waals surface area contributed by atoms with Gasteiger partial charge in [-0.05, 0) is 38.5 Å². The standard InChI is InChI=1S/C13H13ClFN3/c1-7-4-5-10(15)11(6-7)18-13-8(2)12(14)16-9(3)17-13/h4-6H,1-3H3,(H,16,17,18). The van der Waals surface area contributed by atoms with Gasteiger partial charge in [0.2, 0.25) is 0 Å². The number of aryl methyl sites for hydroxylation is 2. The van der Waals surface area contributed by atoms with Crippen LogP contribution in [0.15, 0.2) is 18.2 Å². The molecular formula is C13H13ClFN3. The average Bonchev–Trinajstić information content (AvgIpc) is 2.30. The van der Waals surface area contributed by atoms with Gasteiger partial charge in [0, 0.05) is 5.56 Å². The smallest absolute Gasteiger partial charge is 0.146 e. The molecule has 0 aliphatic heterocycles. The van der Waals surface area contributed by atoms with Gasteiger partial charge in [-0.1, -0.05) is 17.7 Å². The Morgan fingerprint density at radius 3 is 2.61 bits per heavy atom. The molecule has 0 saturated carbocycles. The fourth-order valence-electron chi connectivity index (χ4n) is 1.58. The molecule has 0 amide bonds. The Balaban J connectivity index is 2.43. The molecule has 3 nitrogen and oxygen atoms in total. The molecule has 2 aromatic rings. The first-order valence-corrected chi connectivity index (χ1v) is 5.89. The van der Waals surface area contributed by atoms with Crippen LogP contribution in [0.1, 0.15) is 17.0 Å². The van der Waals surface area contributed by atoms with E-state index < -0.39 is 0 Å². The lowest BCUT2D eigenvalue weighted by molar-refractivity contribution is 0.631. The lowest BCUT2D eigenvalue weighted by atomic mass is 10.2. The SMILES string of the molecule is Cc1ccc(F)c(Nc2nc(C)nc(Cl)c2C)c1. The second kappa shape index (κ2) is 4.90. The zero-order valence-corrected chi connectivity index (χ0v) is 11.1. The molecule has 0 unspecified atom stereocenters. The van der Waals surface area contributed by atoms with E-state index in [1.54, 1.807) is 26.0 Å². The predicted octanol–water partition coefficient (Wildman–Crippen LogP) is 3.94. The third-order valence-corrected chi connectivity index (χ3v) is 2.94. The van der Waals surface area contributed by atoms with Crippen LogP contribution in [0.4, 0.5) is 15.9 Å². The van der Waals surface area contributed by atoms with Crippen LogP contribution < -0.4 is 5.32 Å². The van der Waals surface area contributed by atoms with Gasteiger partial charge in [-0.3, -0.25) is 0 Å². The summed E-state index contributed by atoms with van der Waals surface area (Å²) in [5.74, 6) is 0.741. The third-order valence-electron chi connectivity index (χ3n) is 2.57. The molecule has 0 bridgehead atoms. The van der Waals surface area contributed by atoms with Crippen molar-refractivity contribution >= 4 is 23.1 Å². The van der Waals surface area contributed by atoms with E-state index in [1.807, 2.05) is 6.92 Å². The Hall–Kier alpha value is -1.68. The summed E-state index contributed by atoms with van der Waals surface area (Å²) < 4.78 is 13.6. The number of nitrogens with zero attached hydrogens (tertiary/aromatic N) is 2. The van der Waals surface area contributed by atoms with Crippen LogP contribution in [0.2, 0.25) is 5.15 Å². The third kappa shape index (κ3) is 2.59. The van der Waals surface area contributed by atoms with E-state index in [-0.39, 0.29) is 5.82 Å². The first-order valence-electron chi connectivity index (χ1n) is 5.51. The monoisotopic (exact) mass is 265 g/mol. The van der Waals surface area contributed by atoms with E-state index in [9.17, 15) is 4.39 Å². The van der Waals surface area contributed by atoms with Gasteiger partial charge in [-0.15, -0.1) is 0 Å². The van der Waals surface area contributed by atoms with Crippen molar-refractivity contribution in [2.45, 2.75) is 20.8 Å². The maximum Gasteiger partial charge on any atom is 0.146 e. The highest BCUT2D eigenvalue weighted by Gasteiger charge is 2.10. The fraction of sp³-hybridized carbons (Fsp3) is 0.231. The lowest BCUT2D eigenvalue weighted by Gasteiger charge is -2.11. The highest BCUT2D eigenvalue weighted by molar-refractivity contribution is 6.30. The number of aromatic nitrogens is 2. The Morgan fingerprint density at radius 2 is 1.89 bits per heavy atom. The van der Waals surface area contributed by atoms with Crippen LogP contribution in [-0.2, 0) is 0 Å². The van der Waals surface area contributed by atoms with Gasteiger partial charge in [0.05, 0.1) is 5.69 Å². The molecule has 0 saturated heterocycles. The largest absolute Gasteiger partial charge is 0.337 e. The van der Waals surface area contributed by atoms with Crippen molar-refractivity contribution < 1.29 is 4.39 Å². The van der Waals surface area contributed by atoms with Gasteiger partial charge < -0.3 is 5.32 Å². The molecule has 0 fully saturated rings. The van der Waals surface area contributed by atoms with E-state index >= 15 is 0 Å². The Labute approximate surface area is 110 Å². The number of benzene rings is 1. The first kappa shape index (κ1) is 12.8. The van der Waals surface area contributed by atoms with Crippen molar-refractivity contribution in [3.05, 3.63) is 46.1 Å². The van der Waals surface area contributed by atoms with Gasteiger partial charge in [-0.25, -0.2) is 14.4 Å². The molecular weight excluding hydrogens is 253 g/mol. The fourth-order valence-corrected chi connectivity index (χ4v) is 1.79. The van der Waals surface area contributed by atoms with Crippen LogP contribution in [0.25, 0.3) is 0 Å². The topological polar surface area (TPSA) is 37.8 Å². The number of anilines is 2. The molecule has 1 N–H and O–H groups in total. The minimum absolute atomic E-state index is 0.326. The minimum atomic E-state index is -0.326. The Kier molecular flexibility index (Phi) is 3.48. The molecule has 5 heteroatoms. The minimum Gasteiger partial charge on any atom is -0.337 e. The Bertz CT molecular complexity index is 599. The summed E-state index contributed by atoms with van der Waals surface area (Å²) in [5, 5.41) is 3.33. The van der Waals surface area contributed by atoms with Crippen LogP contribution in [-0.4, -0.2) is 9.97 Å². The first-order chi connectivity index (χ1) is 8.47. The summed E-state index contributed by atoms with van der Waals surface area (Å²) in [7, 11) is 0. The maximum absolute atomic E-state index is 13.6. The van der Waals surface area contributed by atoms with Crippen molar-refractivity contribution in [3.8, 4) is 0 Å². The molecule has 0 aliphatic rings. The number of halogens is 2. The molecule has 94 valence electrons. The molecule has 0 aliphatic carbocycles. The van der Waals surface area contributed by atoms with Crippen molar-refractivity contribution in [1.82, 2.24) is 9.97 Å². The van der Waals surface area contributed by atoms with E-state index in [4.69, 9.17) is 11.6 Å². The van der Waals surface area contributed by atoms with Crippen LogP contribution in [0.3, 0.4) is 0 Å². The molecule has 1 heterocycles. The molecule has 2 rings (SSSR count). The highest BCUT2D eigenvalue weighted by atomic mass is 35.5. The van der Waals surface area contributed by atoms with E-state index in [1.165, 1.54) is 6.07 Å². The van der Waals surface area contributed by atoms with E-state index in [2.05, 4.69) is 15.3 Å². The average molecular weight is 266 g/mol. The number of hydrogen-bond donors (Lipinski definition) is 1. The van der Waals surface area contributed by atoms with Crippen LogP contribution in [0, 0.1) is 26.6 Å². The summed E-state index contributed by atoms with van der Waals surface area (Å²) in [6, 6.07) is 4.86. The van der Waals surface area contributed by atoms with Gasteiger partial charge >= 0.3 is 0 Å². The zero-order valence-electron chi connectivity index (χ0n) is 10.4. The molecule has 0 atom stereocenters. The predicted molar refractivity (Wildman–Crippen MR) is 70.9 cm³/mol. The Morgan fingerprint density at radius 1 is 1.17 bits per heavy atom. The van der Waals surface area contributed by atoms with Crippen molar-refractivity contribution in [3.63, 3.8) is 0 Å². The van der Waals surface area contributed by atoms with Crippen molar-refractivity contribution in [1.29, 1.82) is 0 Å². The highest BCUT2D eigenvalue weighted by Crippen LogP contribution is 2.25. The number of nitrogens with one attached hydrogen (secondary N) is 1. The van der Waals surface area contributed by atoms with Crippen LogP contribution >= 0.6 is 11.6 Å². The second-order valence-electron chi connectivity index (χ2n) is 4.14. The molecule has 18 heavy (non-hydrogen) atoms. The van der Waals surface area contributed by atoms with Gasteiger partial charge in [0.15, 0.2) is 0 Å². The zero-order chi connectivity index (χ0) is 13.3. The molecule has 0 spiro atoms. The second-order valence-corrected chi connectivity index (χ2v) is 4.50. The molecule has 1 aromatic carbocycles. The molecule has 1 aromatic heterocycles. The van der Waals surface area contributed by atoms with E-state index in [0.29, 0.717) is 28.0 Å². The normalized spacial score (nSPS) is 10.5. The summed E-state index contributed by atoms with van der Waals surface area (Å²) in [5.41, 5.74) is 2.05. The quantitative estimate of drug-likeness (QED) is 0.836. The van der Waals surface area contributed by atoms with Gasteiger partial charge in [-0.2, -0.15) is 0 Å². The number of hydrogen-bond acceptors (Lipinski definition) is 3. The molecule has 0 radical (unpaired) electrons. The summed E-state index contributed by atoms with van der Waals surface area (Å²) in [4.78, 5) is 8.26. The van der Waals surface area contributed by atoms with Crippen LogP contribution in [0.5, 0.6) is 0 Å². The van der Waals surface area contributed by atoms with Gasteiger partial charge in [0.25, 0.3) is 0 Å². The summed E-state index contributed by atoms with van der Waals surface area (Å²) >= 11 is 5.97. The van der Waals surface area contributed by atoms with Crippen molar-refractivity contribution in [2.24, 2.45) is 0 Å². The van der Waals surface area contributed by atoms with Crippen molar-refractivity contribution in [2.75, 3.05) is 5.32 Å². The number of rotatable bonds is 2. The maximum atomic E-state index is 13.6. The van der Waals surface area contributed by atoms with Gasteiger partial charge in [0.1, 0.15) is 22.6 Å². The van der Waals surface area contributed by atoms with E-state index in [0.717, 1.165) is 5.56 Å².